The zero-order chi connectivity index (χ0) is 21.4. The number of carbonyl (C=O) groups is 1. The first-order valence-corrected chi connectivity index (χ1v) is 12.3. The lowest BCUT2D eigenvalue weighted by Gasteiger charge is -2.31. The Kier molecular flexibility index (Phi) is 8.09. The van der Waals surface area contributed by atoms with E-state index in [2.05, 4.69) is 15.6 Å². The highest BCUT2D eigenvalue weighted by molar-refractivity contribution is 7.89. The molecule has 1 aromatic rings. The summed E-state index contributed by atoms with van der Waals surface area (Å²) in [4.78, 5) is 18.9. The van der Waals surface area contributed by atoms with Crippen LogP contribution in [0.5, 0.6) is 0 Å². The largest absolute Gasteiger partial charge is 0.357 e. The maximum absolute atomic E-state index is 12.7. The van der Waals surface area contributed by atoms with Crippen LogP contribution < -0.4 is 10.6 Å². The van der Waals surface area contributed by atoms with Crippen molar-refractivity contribution in [1.29, 1.82) is 0 Å². The molecule has 0 saturated carbocycles. The van der Waals surface area contributed by atoms with Crippen molar-refractivity contribution in [3.63, 3.8) is 0 Å². The smallest absolute Gasteiger partial charge is 0.244 e. The van der Waals surface area contributed by atoms with Gasteiger partial charge in [0.05, 0.1) is 4.90 Å². The van der Waals surface area contributed by atoms with Crippen LogP contribution in [0.15, 0.2) is 40.2 Å². The molecule has 1 aromatic carbocycles. The summed E-state index contributed by atoms with van der Waals surface area (Å²) in [5.41, 5.74) is 0. The van der Waals surface area contributed by atoms with Crippen molar-refractivity contribution < 1.29 is 13.2 Å². The van der Waals surface area contributed by atoms with Gasteiger partial charge in [-0.1, -0.05) is 18.2 Å². The van der Waals surface area contributed by atoms with E-state index in [4.69, 9.17) is 0 Å². The number of nitrogens with zero attached hydrogens (tertiary/aromatic N) is 3. The third-order valence-electron chi connectivity index (χ3n) is 5.69. The molecule has 0 spiro atoms. The molecule has 0 bridgehead atoms. The molecule has 2 fully saturated rings. The van der Waals surface area contributed by atoms with Crippen molar-refractivity contribution in [2.45, 2.75) is 37.5 Å². The number of amides is 1. The normalized spacial score (nSPS) is 19.1. The Morgan fingerprint density at radius 3 is 2.37 bits per heavy atom. The van der Waals surface area contributed by atoms with E-state index in [1.54, 1.807) is 28.6 Å². The number of hydrogen-bond acceptors (Lipinski definition) is 4. The van der Waals surface area contributed by atoms with Gasteiger partial charge in [-0.25, -0.2) is 13.4 Å². The molecule has 0 aromatic heterocycles. The van der Waals surface area contributed by atoms with Gasteiger partial charge in [0, 0.05) is 39.3 Å². The van der Waals surface area contributed by atoms with E-state index in [0.29, 0.717) is 36.4 Å². The van der Waals surface area contributed by atoms with Gasteiger partial charge in [-0.3, -0.25) is 4.79 Å². The summed E-state index contributed by atoms with van der Waals surface area (Å²) in [7, 11) is -3.42. The van der Waals surface area contributed by atoms with Crippen LogP contribution in [0.1, 0.15) is 32.6 Å². The molecule has 0 radical (unpaired) electrons. The fourth-order valence-corrected chi connectivity index (χ4v) is 5.38. The summed E-state index contributed by atoms with van der Waals surface area (Å²) < 4.78 is 27.1. The Hall–Kier alpha value is -2.13. The van der Waals surface area contributed by atoms with Gasteiger partial charge >= 0.3 is 0 Å². The molecule has 2 N–H and O–H groups in total. The van der Waals surface area contributed by atoms with Crippen LogP contribution in [0.25, 0.3) is 0 Å². The SMILES string of the molecule is CCNC(=NCC(=O)N1CCCC1)NCC1CCN(S(=O)(=O)c2ccccc2)CC1. The van der Waals surface area contributed by atoms with Gasteiger partial charge in [-0.2, -0.15) is 4.31 Å². The number of hydrogen-bond donors (Lipinski definition) is 2. The second-order valence-electron chi connectivity index (χ2n) is 7.82. The molecule has 1 amide bonds. The zero-order valence-electron chi connectivity index (χ0n) is 17.7. The van der Waals surface area contributed by atoms with Crippen molar-refractivity contribution >= 4 is 21.9 Å². The van der Waals surface area contributed by atoms with Gasteiger partial charge in [0.25, 0.3) is 0 Å². The van der Waals surface area contributed by atoms with Gasteiger partial charge in [0.2, 0.25) is 15.9 Å². The number of benzene rings is 1. The third kappa shape index (κ3) is 5.95. The van der Waals surface area contributed by atoms with E-state index in [1.807, 2.05) is 17.9 Å². The van der Waals surface area contributed by atoms with Gasteiger partial charge in [0.15, 0.2) is 5.96 Å². The molecule has 2 heterocycles. The highest BCUT2D eigenvalue weighted by atomic mass is 32.2. The molecule has 0 unspecified atom stereocenters. The Morgan fingerprint density at radius 1 is 1.07 bits per heavy atom. The number of piperidine rings is 1. The second kappa shape index (κ2) is 10.8. The van der Waals surface area contributed by atoms with Gasteiger partial charge in [-0.15, -0.1) is 0 Å². The molecule has 166 valence electrons. The number of rotatable bonds is 7. The summed E-state index contributed by atoms with van der Waals surface area (Å²) in [6.45, 7) is 6.29. The predicted octanol–water partition coefficient (Wildman–Crippen LogP) is 1.26. The van der Waals surface area contributed by atoms with E-state index in [-0.39, 0.29) is 12.5 Å². The maximum atomic E-state index is 12.7. The fourth-order valence-electron chi connectivity index (χ4n) is 3.89. The average Bonchev–Trinajstić information content (AvgIpc) is 3.31. The van der Waals surface area contributed by atoms with Crippen molar-refractivity contribution in [2.75, 3.05) is 45.8 Å². The topological polar surface area (TPSA) is 94.1 Å². The Balaban J connectivity index is 1.47. The molecular weight excluding hydrogens is 402 g/mol. The minimum Gasteiger partial charge on any atom is -0.357 e. The standard InChI is InChI=1S/C21H33N5O3S/c1-2-22-21(24-17-20(27)25-12-6-7-13-25)23-16-18-10-14-26(15-11-18)30(28,29)19-8-4-3-5-9-19/h3-5,8-9,18H,2,6-7,10-17H2,1H3,(H2,22,23,24). The van der Waals surface area contributed by atoms with Crippen LogP contribution in [-0.2, 0) is 14.8 Å². The Morgan fingerprint density at radius 2 is 1.73 bits per heavy atom. The minimum absolute atomic E-state index is 0.0733. The summed E-state index contributed by atoms with van der Waals surface area (Å²) in [6.07, 6.45) is 3.75. The number of guanidine groups is 1. The molecule has 30 heavy (non-hydrogen) atoms. The lowest BCUT2D eigenvalue weighted by Crippen LogP contribution is -2.44. The van der Waals surface area contributed by atoms with Gasteiger partial charge in [-0.05, 0) is 50.7 Å². The van der Waals surface area contributed by atoms with Crippen LogP contribution in [0, 0.1) is 5.92 Å². The van der Waals surface area contributed by atoms with Crippen molar-refractivity contribution in [1.82, 2.24) is 19.8 Å². The van der Waals surface area contributed by atoms with Gasteiger partial charge < -0.3 is 15.5 Å². The van der Waals surface area contributed by atoms with E-state index in [0.717, 1.165) is 45.3 Å². The summed E-state index contributed by atoms with van der Waals surface area (Å²) in [6, 6.07) is 8.61. The zero-order valence-corrected chi connectivity index (χ0v) is 18.5. The van der Waals surface area contributed by atoms with Crippen molar-refractivity contribution in [3.05, 3.63) is 30.3 Å². The van der Waals surface area contributed by atoms with Crippen LogP contribution in [-0.4, -0.2) is 75.3 Å². The van der Waals surface area contributed by atoms with Crippen LogP contribution in [0.2, 0.25) is 0 Å². The van der Waals surface area contributed by atoms with E-state index < -0.39 is 10.0 Å². The Bertz CT molecular complexity index is 814. The van der Waals surface area contributed by atoms with Crippen molar-refractivity contribution in [3.8, 4) is 0 Å². The molecule has 2 aliphatic heterocycles. The molecule has 0 atom stereocenters. The monoisotopic (exact) mass is 435 g/mol. The number of sulfonamides is 1. The minimum atomic E-state index is -3.42. The molecule has 8 nitrogen and oxygen atoms in total. The number of aliphatic imine (C=N–C) groups is 1. The molecule has 2 aliphatic rings. The quantitative estimate of drug-likeness (QED) is 0.497. The van der Waals surface area contributed by atoms with Crippen LogP contribution in [0.4, 0.5) is 0 Å². The maximum Gasteiger partial charge on any atom is 0.244 e. The van der Waals surface area contributed by atoms with Crippen molar-refractivity contribution in [2.24, 2.45) is 10.9 Å². The number of nitrogens with one attached hydrogen (secondary N) is 2. The first kappa shape index (κ1) is 22.6. The Labute approximate surface area is 179 Å². The van der Waals surface area contributed by atoms with E-state index in [1.165, 1.54) is 0 Å². The first-order valence-electron chi connectivity index (χ1n) is 10.9. The highest BCUT2D eigenvalue weighted by Gasteiger charge is 2.29. The molecule has 9 heteroatoms. The van der Waals surface area contributed by atoms with Crippen LogP contribution in [0.3, 0.4) is 0 Å². The average molecular weight is 436 g/mol. The molecule has 0 aliphatic carbocycles. The number of carbonyl (C=O) groups excluding carboxylic acids is 1. The highest BCUT2D eigenvalue weighted by Crippen LogP contribution is 2.23. The summed E-state index contributed by atoms with van der Waals surface area (Å²) in [5.74, 6) is 1.08. The molecular formula is C21H33N5O3S. The van der Waals surface area contributed by atoms with E-state index >= 15 is 0 Å². The predicted molar refractivity (Wildman–Crippen MR) is 118 cm³/mol. The summed E-state index contributed by atoms with van der Waals surface area (Å²) in [5, 5.41) is 6.51. The molecule has 2 saturated heterocycles. The number of likely N-dealkylation sites (tertiary alicyclic amines) is 1. The third-order valence-corrected chi connectivity index (χ3v) is 7.60. The lowest BCUT2D eigenvalue weighted by molar-refractivity contribution is -0.128. The van der Waals surface area contributed by atoms with E-state index in [9.17, 15) is 13.2 Å². The molecule has 3 rings (SSSR count). The fraction of sp³-hybridized carbons (Fsp3) is 0.619. The second-order valence-corrected chi connectivity index (χ2v) is 9.76. The first-order chi connectivity index (χ1) is 14.5. The summed E-state index contributed by atoms with van der Waals surface area (Å²) >= 11 is 0. The van der Waals surface area contributed by atoms with Crippen LogP contribution >= 0.6 is 0 Å². The lowest BCUT2D eigenvalue weighted by atomic mass is 9.98. The van der Waals surface area contributed by atoms with Gasteiger partial charge in [0.1, 0.15) is 6.54 Å².